The SMILES string of the molecule is CCO[Si](CCCOCC1CO1)(OCC)OCC.CO[SiH](CC1CO1)OC.CO[Si](C)(CCCOCC1CO1)OC.CO[Si](CCCOCC1CO1)(OC)OC. The van der Waals surface area contributed by atoms with Gasteiger partial charge in [-0.3, -0.25) is 0 Å². The number of hydrogen-bond donors (Lipinski definition) is 0. The molecule has 0 saturated carbocycles. The Hall–Kier alpha value is 0.188. The fraction of sp³-hybridized carbons (Fsp3) is 1.00. The minimum atomic E-state index is -2.47. The second-order valence-corrected chi connectivity index (χ2v) is 25.0. The van der Waals surface area contributed by atoms with Gasteiger partial charge in [-0.1, -0.05) is 0 Å². The van der Waals surface area contributed by atoms with Gasteiger partial charge in [0, 0.05) is 108 Å². The molecule has 4 fully saturated rings. The minimum Gasteiger partial charge on any atom is -0.400 e. The van der Waals surface area contributed by atoms with E-state index in [-0.39, 0.29) is 0 Å². The fourth-order valence-electron chi connectivity index (χ4n) is 4.97. The summed E-state index contributed by atoms with van der Waals surface area (Å²) in [6.45, 7) is 17.6. The van der Waals surface area contributed by atoms with Gasteiger partial charge in [-0.25, -0.2) is 0 Å². The molecule has 0 aromatic carbocycles. The van der Waals surface area contributed by atoms with E-state index in [9.17, 15) is 0 Å². The molecule has 4 heterocycles. The zero-order valence-corrected chi connectivity index (χ0v) is 40.6. The molecule has 4 aliphatic heterocycles. The Labute approximate surface area is 342 Å². The lowest BCUT2D eigenvalue weighted by Gasteiger charge is -2.28. The molecule has 21 heteroatoms. The van der Waals surface area contributed by atoms with E-state index in [2.05, 4.69) is 6.55 Å². The highest BCUT2D eigenvalue weighted by Crippen LogP contribution is 2.20. The smallest absolute Gasteiger partial charge is 0.400 e. The molecular weight excluding hydrogens is 805 g/mol. The number of rotatable bonds is 33. The van der Waals surface area contributed by atoms with E-state index in [4.69, 9.17) is 77.4 Å². The summed E-state index contributed by atoms with van der Waals surface area (Å²) in [5.41, 5.74) is 0. The summed E-state index contributed by atoms with van der Waals surface area (Å²) in [6.07, 6.45) is 4.26. The van der Waals surface area contributed by atoms with Crippen molar-refractivity contribution in [3.63, 3.8) is 0 Å². The molecule has 4 aliphatic rings. The highest BCUT2D eigenvalue weighted by atomic mass is 28.4. The van der Waals surface area contributed by atoms with Crippen LogP contribution in [0.4, 0.5) is 0 Å². The quantitative estimate of drug-likeness (QED) is 0.0532. The number of epoxide rings is 4. The van der Waals surface area contributed by atoms with E-state index >= 15 is 0 Å². The zero-order chi connectivity index (χ0) is 41.5. The van der Waals surface area contributed by atoms with Gasteiger partial charge in [-0.15, -0.1) is 0 Å². The first-order valence-corrected chi connectivity index (χ1v) is 28.2. The molecular formula is C35H78O17Si4. The van der Waals surface area contributed by atoms with Gasteiger partial charge < -0.3 is 77.4 Å². The summed E-state index contributed by atoms with van der Waals surface area (Å²) in [5.74, 6) is 0. The largest absolute Gasteiger partial charge is 0.501 e. The summed E-state index contributed by atoms with van der Waals surface area (Å²) in [4.78, 5) is 0. The van der Waals surface area contributed by atoms with E-state index in [1.54, 1.807) is 49.8 Å². The van der Waals surface area contributed by atoms with Gasteiger partial charge in [0.05, 0.1) is 52.4 Å². The van der Waals surface area contributed by atoms with Crippen LogP contribution in [-0.4, -0.2) is 196 Å². The molecule has 56 heavy (non-hydrogen) atoms. The van der Waals surface area contributed by atoms with Crippen LogP contribution in [0.1, 0.15) is 40.0 Å². The molecule has 0 N–H and O–H groups in total. The van der Waals surface area contributed by atoms with Gasteiger partial charge in [0.15, 0.2) is 0 Å². The maximum absolute atomic E-state index is 5.76. The topological polar surface area (TPSA) is 170 Å². The Morgan fingerprint density at radius 3 is 1.11 bits per heavy atom. The van der Waals surface area contributed by atoms with E-state index < -0.39 is 35.5 Å². The summed E-state index contributed by atoms with van der Waals surface area (Å²) in [5, 5.41) is 0. The highest BCUT2D eigenvalue weighted by molar-refractivity contribution is 6.65. The van der Waals surface area contributed by atoms with E-state index in [1.807, 2.05) is 20.8 Å². The number of hydrogen-bond acceptors (Lipinski definition) is 17. The zero-order valence-electron chi connectivity index (χ0n) is 36.5. The van der Waals surface area contributed by atoms with Crippen molar-refractivity contribution in [3.8, 4) is 0 Å². The molecule has 0 aromatic rings. The summed E-state index contributed by atoms with van der Waals surface area (Å²) in [6, 6.07) is 3.56. The Morgan fingerprint density at radius 1 is 0.482 bits per heavy atom. The average molecular weight is 883 g/mol. The summed E-state index contributed by atoms with van der Waals surface area (Å²) in [7, 11) is 3.66. The molecule has 17 nitrogen and oxygen atoms in total. The molecule has 4 saturated heterocycles. The lowest BCUT2D eigenvalue weighted by Crippen LogP contribution is -2.46. The minimum absolute atomic E-state index is 0.331. The Balaban J connectivity index is 0.000000382. The molecule has 0 spiro atoms. The molecule has 336 valence electrons. The standard InChI is InChI=1S/C12H26O5Si.C9H20O5Si.C9H20O4Si.C5H12O3Si/c1-4-15-18(16-5-2,17-6-3)9-7-8-13-10-12-11-14-12;1-10-15(11-2,12-3)6-4-5-13-7-9-8-14-9;1-10-14(3,11-2)6-4-5-12-7-9-8-13-9;1-6-9(7-2)4-5-3-8-5/h12H,4-11H2,1-3H3;9H,4-8H2,1-3H3;9H,4-8H2,1-3H3;5,9H,3-4H2,1-2H3. The van der Waals surface area contributed by atoms with Crippen LogP contribution >= 0.6 is 0 Å². The second-order valence-electron chi connectivity index (χ2n) is 13.3. The maximum Gasteiger partial charge on any atom is 0.501 e. The highest BCUT2D eigenvalue weighted by Gasteiger charge is 2.40. The normalized spacial score (nSPS) is 21.0. The van der Waals surface area contributed by atoms with Gasteiger partial charge in [0.2, 0.25) is 0 Å². The maximum atomic E-state index is 5.76. The molecule has 0 aromatic heterocycles. The van der Waals surface area contributed by atoms with Gasteiger partial charge in [-0.2, -0.15) is 0 Å². The van der Waals surface area contributed by atoms with Crippen molar-refractivity contribution in [1.82, 2.24) is 0 Å². The van der Waals surface area contributed by atoms with Gasteiger partial charge in [0.25, 0.3) is 0 Å². The van der Waals surface area contributed by atoms with Crippen molar-refractivity contribution in [1.29, 1.82) is 0 Å². The van der Waals surface area contributed by atoms with E-state index in [0.29, 0.717) is 70.7 Å². The molecule has 4 atom stereocenters. The first-order chi connectivity index (χ1) is 27.1. The predicted molar refractivity (Wildman–Crippen MR) is 219 cm³/mol. The third-order valence-electron chi connectivity index (χ3n) is 8.85. The lowest BCUT2D eigenvalue weighted by molar-refractivity contribution is 0.0648. The van der Waals surface area contributed by atoms with Crippen molar-refractivity contribution >= 4 is 35.5 Å². The van der Waals surface area contributed by atoms with Crippen molar-refractivity contribution in [3.05, 3.63) is 0 Å². The summed E-state index contributed by atoms with van der Waals surface area (Å²) >= 11 is 0. The monoisotopic (exact) mass is 882 g/mol. The van der Waals surface area contributed by atoms with Crippen LogP contribution < -0.4 is 0 Å². The fourth-order valence-corrected chi connectivity index (χ4v) is 11.9. The van der Waals surface area contributed by atoms with Gasteiger partial charge in [-0.05, 0) is 52.6 Å². The van der Waals surface area contributed by atoms with E-state index in [0.717, 1.165) is 83.1 Å². The Morgan fingerprint density at radius 2 is 0.821 bits per heavy atom. The van der Waals surface area contributed by atoms with Crippen molar-refractivity contribution in [2.45, 2.75) is 95.2 Å². The van der Waals surface area contributed by atoms with Crippen LogP contribution in [-0.2, 0) is 77.4 Å². The predicted octanol–water partition coefficient (Wildman–Crippen LogP) is 3.57. The third-order valence-corrected chi connectivity index (χ3v) is 19.8. The average Bonchev–Trinajstić information content (AvgIpc) is 3.99. The molecule has 4 rings (SSSR count). The second kappa shape index (κ2) is 32.9. The van der Waals surface area contributed by atoms with Crippen LogP contribution in [0.15, 0.2) is 0 Å². The molecule has 4 unspecified atom stereocenters. The van der Waals surface area contributed by atoms with Crippen LogP contribution in [0.5, 0.6) is 0 Å². The lowest BCUT2D eigenvalue weighted by atomic mass is 10.5. The first-order valence-electron chi connectivity index (χ1n) is 20.0. The Bertz CT molecular complexity index is 867. The number of ether oxygens (including phenoxy) is 7. The van der Waals surface area contributed by atoms with E-state index in [1.165, 1.54) is 0 Å². The molecule has 0 radical (unpaired) electrons. The van der Waals surface area contributed by atoms with Crippen LogP contribution in [0.25, 0.3) is 0 Å². The van der Waals surface area contributed by atoms with Crippen LogP contribution in [0, 0.1) is 0 Å². The molecule has 0 aliphatic carbocycles. The molecule has 0 bridgehead atoms. The van der Waals surface area contributed by atoms with Crippen molar-refractivity contribution in [2.24, 2.45) is 0 Å². The van der Waals surface area contributed by atoms with Crippen molar-refractivity contribution in [2.75, 3.05) is 136 Å². The van der Waals surface area contributed by atoms with Gasteiger partial charge in [0.1, 0.15) is 18.3 Å². The first kappa shape index (κ1) is 54.2. The molecule has 0 amide bonds. The van der Waals surface area contributed by atoms with Crippen molar-refractivity contribution < 1.29 is 77.4 Å². The summed E-state index contributed by atoms with van der Waals surface area (Å²) < 4.78 is 90.6. The van der Waals surface area contributed by atoms with Crippen LogP contribution in [0.2, 0.25) is 30.7 Å². The van der Waals surface area contributed by atoms with Crippen LogP contribution in [0.3, 0.4) is 0 Å². The van der Waals surface area contributed by atoms with Gasteiger partial charge >= 0.3 is 35.5 Å². The Kier molecular flexibility index (Phi) is 31.8. The third kappa shape index (κ3) is 27.9.